The highest BCUT2D eigenvalue weighted by atomic mass is 32.1. The molecule has 244 valence electrons. The Bertz CT molecular complexity index is 1740. The molecule has 1 aromatic heterocycles. The van der Waals surface area contributed by atoms with E-state index in [4.69, 9.17) is 4.74 Å². The van der Waals surface area contributed by atoms with E-state index in [1.165, 1.54) is 16.2 Å². The van der Waals surface area contributed by atoms with Crippen molar-refractivity contribution in [3.63, 3.8) is 0 Å². The smallest absolute Gasteiger partial charge is 0.307 e. The molecule has 7 rings (SSSR count). The normalized spacial score (nSPS) is 23.9. The summed E-state index contributed by atoms with van der Waals surface area (Å²) in [6, 6.07) is 11.6. The number of imide groups is 1. The molecular formula is C35H36N4O7S. The van der Waals surface area contributed by atoms with Crippen molar-refractivity contribution in [1.29, 1.82) is 0 Å². The Hall–Kier alpha value is -4.58. The van der Waals surface area contributed by atoms with Gasteiger partial charge in [-0.25, -0.2) is 4.98 Å². The summed E-state index contributed by atoms with van der Waals surface area (Å²) in [4.78, 5) is 76.2. The lowest BCUT2D eigenvalue weighted by Gasteiger charge is -2.42. The number of ether oxygens (including phenoxy) is 1. The van der Waals surface area contributed by atoms with Gasteiger partial charge in [-0.05, 0) is 49.9 Å². The zero-order valence-corrected chi connectivity index (χ0v) is 26.9. The highest BCUT2D eigenvalue weighted by Crippen LogP contribution is 2.42. The Labute approximate surface area is 276 Å². The van der Waals surface area contributed by atoms with Crippen LogP contribution in [-0.2, 0) is 16.0 Å². The van der Waals surface area contributed by atoms with E-state index in [1.54, 1.807) is 40.3 Å². The van der Waals surface area contributed by atoms with Gasteiger partial charge in [0, 0.05) is 25.1 Å². The van der Waals surface area contributed by atoms with Crippen LogP contribution in [0.15, 0.2) is 48.7 Å². The van der Waals surface area contributed by atoms with Crippen LogP contribution >= 0.6 is 11.3 Å². The van der Waals surface area contributed by atoms with Crippen LogP contribution in [0.2, 0.25) is 0 Å². The highest BCUT2D eigenvalue weighted by Gasteiger charge is 2.45. The number of thiazole rings is 1. The minimum Gasteiger partial charge on any atom is -0.488 e. The van der Waals surface area contributed by atoms with Crippen LogP contribution in [-0.4, -0.2) is 86.7 Å². The Morgan fingerprint density at radius 2 is 1.68 bits per heavy atom. The molecule has 3 aromatic rings. The third-order valence-corrected chi connectivity index (χ3v) is 10.9. The monoisotopic (exact) mass is 656 g/mol. The average Bonchev–Trinajstić information content (AvgIpc) is 3.80. The molecule has 4 atom stereocenters. The van der Waals surface area contributed by atoms with Gasteiger partial charge in [-0.2, -0.15) is 0 Å². The predicted molar refractivity (Wildman–Crippen MR) is 171 cm³/mol. The maximum Gasteiger partial charge on any atom is 0.307 e. The topological polar surface area (TPSA) is 137 Å². The average molecular weight is 657 g/mol. The number of aromatic nitrogens is 1. The quantitative estimate of drug-likeness (QED) is 0.371. The molecule has 11 nitrogen and oxygen atoms in total. The van der Waals surface area contributed by atoms with Crippen molar-refractivity contribution in [2.75, 3.05) is 26.2 Å². The predicted octanol–water partition coefficient (Wildman–Crippen LogP) is 4.36. The lowest BCUT2D eigenvalue weighted by Crippen LogP contribution is -2.50. The van der Waals surface area contributed by atoms with Gasteiger partial charge < -0.3 is 19.6 Å². The van der Waals surface area contributed by atoms with E-state index in [9.17, 15) is 29.1 Å². The molecule has 2 aromatic carbocycles. The van der Waals surface area contributed by atoms with Crippen LogP contribution in [0.5, 0.6) is 5.75 Å². The van der Waals surface area contributed by atoms with Crippen LogP contribution in [0.25, 0.3) is 0 Å². The summed E-state index contributed by atoms with van der Waals surface area (Å²) in [6.07, 6.45) is 4.85. The second-order valence-electron chi connectivity index (χ2n) is 12.8. The molecule has 1 saturated heterocycles. The van der Waals surface area contributed by atoms with Crippen LogP contribution in [0.3, 0.4) is 0 Å². The summed E-state index contributed by atoms with van der Waals surface area (Å²) in [5, 5.41) is 10.8. The molecule has 0 bridgehead atoms. The van der Waals surface area contributed by atoms with Crippen molar-refractivity contribution in [2.24, 2.45) is 11.8 Å². The van der Waals surface area contributed by atoms with E-state index >= 15 is 0 Å². The van der Waals surface area contributed by atoms with Gasteiger partial charge in [0.25, 0.3) is 17.7 Å². The second kappa shape index (κ2) is 12.6. The number of nitrogens with zero attached hydrogens (tertiary/aromatic N) is 4. The molecule has 2 fully saturated rings. The third kappa shape index (κ3) is 5.68. The molecule has 12 heteroatoms. The molecule has 1 N–H and O–H groups in total. The number of likely N-dealkylation sites (tertiary alicyclic amines) is 1. The molecule has 47 heavy (non-hydrogen) atoms. The van der Waals surface area contributed by atoms with Crippen molar-refractivity contribution in [3.8, 4) is 5.75 Å². The number of carbonyl (C=O) groups excluding carboxylic acids is 4. The van der Waals surface area contributed by atoms with E-state index in [0.29, 0.717) is 72.6 Å². The number of amides is 4. The fourth-order valence-electron chi connectivity index (χ4n) is 7.61. The summed E-state index contributed by atoms with van der Waals surface area (Å²) >= 11 is 1.36. The zero-order valence-electron chi connectivity index (χ0n) is 26.1. The van der Waals surface area contributed by atoms with Gasteiger partial charge in [-0.1, -0.05) is 37.1 Å². The molecule has 4 aliphatic rings. The van der Waals surface area contributed by atoms with E-state index in [1.807, 2.05) is 25.1 Å². The Kier molecular flexibility index (Phi) is 8.29. The summed E-state index contributed by atoms with van der Waals surface area (Å²) < 4.78 is 6.61. The van der Waals surface area contributed by atoms with Crippen molar-refractivity contribution in [1.82, 2.24) is 19.7 Å². The lowest BCUT2D eigenvalue weighted by molar-refractivity contribution is -0.153. The number of aryl methyl sites for hydroxylation is 1. The molecule has 1 aliphatic carbocycles. The molecule has 1 saturated carbocycles. The Balaban J connectivity index is 1.21. The van der Waals surface area contributed by atoms with Gasteiger partial charge in [-0.15, -0.1) is 11.3 Å². The van der Waals surface area contributed by atoms with Crippen molar-refractivity contribution in [3.05, 3.63) is 80.8 Å². The number of carbonyl (C=O) groups is 5. The fourth-order valence-corrected chi connectivity index (χ4v) is 8.36. The zero-order chi connectivity index (χ0) is 32.8. The number of carboxylic acid groups (broad SMARTS) is 1. The van der Waals surface area contributed by atoms with Crippen LogP contribution < -0.4 is 4.74 Å². The lowest BCUT2D eigenvalue weighted by atomic mass is 9.77. The van der Waals surface area contributed by atoms with E-state index in [2.05, 4.69) is 4.98 Å². The van der Waals surface area contributed by atoms with Crippen LogP contribution in [0.1, 0.15) is 84.7 Å². The van der Waals surface area contributed by atoms with Gasteiger partial charge in [-0.3, -0.25) is 28.9 Å². The third-order valence-electron chi connectivity index (χ3n) is 9.96. The maximum absolute atomic E-state index is 14.3. The first-order valence-corrected chi connectivity index (χ1v) is 17.0. The minimum atomic E-state index is -0.977. The number of aliphatic carboxylic acids is 1. The molecule has 4 unspecified atom stereocenters. The van der Waals surface area contributed by atoms with Gasteiger partial charge in [0.2, 0.25) is 5.91 Å². The molecule has 0 spiro atoms. The van der Waals surface area contributed by atoms with E-state index in [-0.39, 0.29) is 24.5 Å². The van der Waals surface area contributed by atoms with E-state index in [0.717, 1.165) is 23.4 Å². The summed E-state index contributed by atoms with van der Waals surface area (Å²) in [5.74, 6) is -3.11. The van der Waals surface area contributed by atoms with Gasteiger partial charge >= 0.3 is 5.97 Å². The number of fused-ring (bicyclic) bond motifs is 2. The molecule has 0 radical (unpaired) electrons. The number of hydrogen-bond donors (Lipinski definition) is 1. The number of hydrogen-bond acceptors (Lipinski definition) is 8. The van der Waals surface area contributed by atoms with Crippen molar-refractivity contribution < 1.29 is 33.8 Å². The van der Waals surface area contributed by atoms with Gasteiger partial charge in [0.05, 0.1) is 53.3 Å². The Morgan fingerprint density at radius 1 is 0.957 bits per heavy atom. The number of rotatable bonds is 7. The molecule has 4 amide bonds. The fraction of sp³-hybridized carbons (Fsp3) is 0.429. The molecule has 4 heterocycles. The van der Waals surface area contributed by atoms with Gasteiger partial charge in [0.15, 0.2) is 0 Å². The Morgan fingerprint density at radius 3 is 2.36 bits per heavy atom. The SMILES string of the molecule is Cc1ncc(C(=O)N2CCC(Oc3cccc4c3C(CN3C(=O)c5ccccc5C3=O)N(C(=O)C3CCCCC3C(=O)O)CC4)C2)s1. The number of benzene rings is 2. The largest absolute Gasteiger partial charge is 0.488 e. The van der Waals surface area contributed by atoms with Crippen LogP contribution in [0, 0.1) is 18.8 Å². The van der Waals surface area contributed by atoms with Crippen molar-refractivity contribution in [2.45, 2.75) is 57.6 Å². The highest BCUT2D eigenvalue weighted by molar-refractivity contribution is 7.13. The summed E-state index contributed by atoms with van der Waals surface area (Å²) in [5.41, 5.74) is 2.30. The van der Waals surface area contributed by atoms with Gasteiger partial charge in [0.1, 0.15) is 16.7 Å². The van der Waals surface area contributed by atoms with E-state index < -0.39 is 35.7 Å². The molecular weight excluding hydrogens is 620 g/mol. The summed E-state index contributed by atoms with van der Waals surface area (Å²) in [7, 11) is 0. The van der Waals surface area contributed by atoms with Crippen molar-refractivity contribution >= 4 is 40.9 Å². The molecule has 3 aliphatic heterocycles. The first-order valence-electron chi connectivity index (χ1n) is 16.2. The summed E-state index contributed by atoms with van der Waals surface area (Å²) in [6.45, 7) is 3.00. The first kappa shape index (κ1) is 31.0. The second-order valence-corrected chi connectivity index (χ2v) is 14.0. The minimum absolute atomic E-state index is 0.0856. The standard InChI is InChI=1S/C35H36N4O7S/c1-20-36-17-29(47-20)34(43)37-15-14-22(18-37)46-28-12-6-7-21-13-16-38(31(40)25-10-4-5-11-26(25)35(44)45)27(30(21)28)19-39-32(41)23-8-2-3-9-24(23)33(39)42/h2-3,6-9,12,17,22,25-27H,4-5,10-11,13-16,18-19H2,1H3,(H,44,45). The first-order chi connectivity index (χ1) is 22.7. The van der Waals surface area contributed by atoms with Crippen LogP contribution in [0.4, 0.5) is 0 Å². The number of carboxylic acids is 1. The maximum atomic E-state index is 14.3.